The van der Waals surface area contributed by atoms with E-state index in [1.807, 2.05) is 18.2 Å². The van der Waals surface area contributed by atoms with Crippen LogP contribution in [0.15, 0.2) is 30.3 Å². The van der Waals surface area contributed by atoms with Gasteiger partial charge in [-0.25, -0.2) is 0 Å². The standard InChI is InChI=1S/C14H23NO/c1-2-3-4-8-11-15-14(12-16)13-9-6-5-7-10-13/h5-7,9-10,14-16H,2-4,8,11-12H2,1H3. The third-order valence-corrected chi connectivity index (χ3v) is 2.81. The van der Waals surface area contributed by atoms with Crippen molar-refractivity contribution in [3.8, 4) is 0 Å². The summed E-state index contributed by atoms with van der Waals surface area (Å²) in [5.74, 6) is 0. The normalized spacial score (nSPS) is 12.6. The molecule has 1 aromatic carbocycles. The summed E-state index contributed by atoms with van der Waals surface area (Å²) >= 11 is 0. The molecule has 0 bridgehead atoms. The largest absolute Gasteiger partial charge is 0.394 e. The molecule has 0 aromatic heterocycles. The maximum absolute atomic E-state index is 9.32. The van der Waals surface area contributed by atoms with Crippen molar-refractivity contribution in [3.63, 3.8) is 0 Å². The average molecular weight is 221 g/mol. The fourth-order valence-electron chi connectivity index (χ4n) is 1.80. The summed E-state index contributed by atoms with van der Waals surface area (Å²) < 4.78 is 0. The summed E-state index contributed by atoms with van der Waals surface area (Å²) in [5, 5.41) is 12.7. The fourth-order valence-corrected chi connectivity index (χ4v) is 1.80. The molecule has 0 fully saturated rings. The summed E-state index contributed by atoms with van der Waals surface area (Å²) in [6, 6.07) is 10.2. The lowest BCUT2D eigenvalue weighted by Crippen LogP contribution is -2.25. The number of nitrogens with one attached hydrogen (secondary N) is 1. The zero-order chi connectivity index (χ0) is 11.6. The molecule has 0 aliphatic carbocycles. The molecule has 1 aromatic rings. The summed E-state index contributed by atoms with van der Waals surface area (Å²) in [6.07, 6.45) is 5.03. The molecule has 0 aliphatic heterocycles. The third kappa shape index (κ3) is 4.77. The molecule has 0 saturated carbocycles. The number of benzene rings is 1. The topological polar surface area (TPSA) is 32.3 Å². The first-order valence-corrected chi connectivity index (χ1v) is 6.27. The first-order chi connectivity index (χ1) is 7.88. The Bertz CT molecular complexity index is 261. The summed E-state index contributed by atoms with van der Waals surface area (Å²) in [4.78, 5) is 0. The van der Waals surface area contributed by atoms with Gasteiger partial charge in [-0.3, -0.25) is 0 Å². The molecule has 0 saturated heterocycles. The van der Waals surface area contributed by atoms with Crippen LogP contribution in [0, 0.1) is 0 Å². The minimum Gasteiger partial charge on any atom is -0.394 e. The van der Waals surface area contributed by atoms with Crippen LogP contribution >= 0.6 is 0 Å². The predicted molar refractivity (Wildman–Crippen MR) is 68.4 cm³/mol. The molecule has 1 unspecified atom stereocenters. The number of unbranched alkanes of at least 4 members (excludes halogenated alkanes) is 3. The molecule has 0 amide bonds. The molecule has 0 aliphatic rings. The van der Waals surface area contributed by atoms with Gasteiger partial charge in [-0.05, 0) is 18.5 Å². The van der Waals surface area contributed by atoms with E-state index in [0.717, 1.165) is 6.54 Å². The van der Waals surface area contributed by atoms with Gasteiger partial charge in [-0.1, -0.05) is 56.5 Å². The van der Waals surface area contributed by atoms with Gasteiger partial charge in [0, 0.05) is 0 Å². The smallest absolute Gasteiger partial charge is 0.0626 e. The van der Waals surface area contributed by atoms with Gasteiger partial charge >= 0.3 is 0 Å². The zero-order valence-electron chi connectivity index (χ0n) is 10.2. The Labute approximate surface area is 98.7 Å². The van der Waals surface area contributed by atoms with Gasteiger partial charge in [0.1, 0.15) is 0 Å². The molecule has 90 valence electrons. The van der Waals surface area contributed by atoms with E-state index in [0.29, 0.717) is 0 Å². The van der Waals surface area contributed by atoms with Crippen LogP contribution in [0.3, 0.4) is 0 Å². The molecule has 1 atom stereocenters. The second kappa shape index (κ2) is 8.31. The van der Waals surface area contributed by atoms with Gasteiger partial charge in [0.05, 0.1) is 12.6 Å². The Hall–Kier alpha value is -0.860. The van der Waals surface area contributed by atoms with Crippen LogP contribution in [0.2, 0.25) is 0 Å². The molecule has 0 heterocycles. The molecule has 0 radical (unpaired) electrons. The monoisotopic (exact) mass is 221 g/mol. The molecule has 2 heteroatoms. The van der Waals surface area contributed by atoms with E-state index in [2.05, 4.69) is 24.4 Å². The number of rotatable bonds is 8. The van der Waals surface area contributed by atoms with Crippen LogP contribution in [0.5, 0.6) is 0 Å². The quantitative estimate of drug-likeness (QED) is 0.662. The minimum atomic E-state index is 0.0860. The van der Waals surface area contributed by atoms with E-state index in [1.165, 1.54) is 31.2 Å². The summed E-state index contributed by atoms with van der Waals surface area (Å²) in [6.45, 7) is 3.37. The Morgan fingerprint density at radius 2 is 1.88 bits per heavy atom. The van der Waals surface area contributed by atoms with Gasteiger partial charge in [0.2, 0.25) is 0 Å². The first-order valence-electron chi connectivity index (χ1n) is 6.27. The van der Waals surface area contributed by atoms with Crippen molar-refractivity contribution in [2.75, 3.05) is 13.2 Å². The third-order valence-electron chi connectivity index (χ3n) is 2.81. The second-order valence-corrected chi connectivity index (χ2v) is 4.16. The Balaban J connectivity index is 2.27. The van der Waals surface area contributed by atoms with Crippen LogP contribution in [0.4, 0.5) is 0 Å². The number of aliphatic hydroxyl groups is 1. The Kier molecular flexibility index (Phi) is 6.86. The van der Waals surface area contributed by atoms with Crippen molar-refractivity contribution in [3.05, 3.63) is 35.9 Å². The summed E-state index contributed by atoms with van der Waals surface area (Å²) in [5.41, 5.74) is 1.17. The number of hydrogen-bond donors (Lipinski definition) is 2. The van der Waals surface area contributed by atoms with Crippen molar-refractivity contribution in [1.82, 2.24) is 5.32 Å². The van der Waals surface area contributed by atoms with Gasteiger partial charge in [-0.15, -0.1) is 0 Å². The molecular formula is C14H23NO. The molecular weight excluding hydrogens is 198 g/mol. The van der Waals surface area contributed by atoms with Crippen LogP contribution < -0.4 is 5.32 Å². The lowest BCUT2D eigenvalue weighted by Gasteiger charge is -2.16. The SMILES string of the molecule is CCCCCCNC(CO)c1ccccc1. The lowest BCUT2D eigenvalue weighted by atomic mass is 10.1. The Morgan fingerprint density at radius 3 is 2.50 bits per heavy atom. The van der Waals surface area contributed by atoms with E-state index in [4.69, 9.17) is 0 Å². The molecule has 1 rings (SSSR count). The minimum absolute atomic E-state index is 0.0860. The highest BCUT2D eigenvalue weighted by atomic mass is 16.3. The van der Waals surface area contributed by atoms with Gasteiger partial charge in [0.25, 0.3) is 0 Å². The van der Waals surface area contributed by atoms with Crippen LogP contribution in [-0.2, 0) is 0 Å². The average Bonchev–Trinajstić information content (AvgIpc) is 2.35. The second-order valence-electron chi connectivity index (χ2n) is 4.16. The van der Waals surface area contributed by atoms with Crippen molar-refractivity contribution in [2.45, 2.75) is 38.6 Å². The van der Waals surface area contributed by atoms with Gasteiger partial charge < -0.3 is 10.4 Å². The van der Waals surface area contributed by atoms with Gasteiger partial charge in [-0.2, -0.15) is 0 Å². The number of hydrogen-bond acceptors (Lipinski definition) is 2. The summed E-state index contributed by atoms with van der Waals surface area (Å²) in [7, 11) is 0. The highest BCUT2D eigenvalue weighted by Crippen LogP contribution is 2.11. The van der Waals surface area contributed by atoms with E-state index in [-0.39, 0.29) is 12.6 Å². The highest BCUT2D eigenvalue weighted by molar-refractivity contribution is 5.18. The Morgan fingerprint density at radius 1 is 1.12 bits per heavy atom. The maximum atomic E-state index is 9.32. The zero-order valence-corrected chi connectivity index (χ0v) is 10.2. The lowest BCUT2D eigenvalue weighted by molar-refractivity contribution is 0.244. The molecule has 16 heavy (non-hydrogen) atoms. The first kappa shape index (κ1) is 13.2. The maximum Gasteiger partial charge on any atom is 0.0626 e. The highest BCUT2D eigenvalue weighted by Gasteiger charge is 2.07. The van der Waals surface area contributed by atoms with Crippen molar-refractivity contribution in [2.24, 2.45) is 0 Å². The van der Waals surface area contributed by atoms with Crippen LogP contribution in [0.25, 0.3) is 0 Å². The van der Waals surface area contributed by atoms with E-state index < -0.39 is 0 Å². The van der Waals surface area contributed by atoms with E-state index in [9.17, 15) is 5.11 Å². The van der Waals surface area contributed by atoms with Crippen molar-refractivity contribution < 1.29 is 5.11 Å². The molecule has 2 nitrogen and oxygen atoms in total. The van der Waals surface area contributed by atoms with E-state index in [1.54, 1.807) is 0 Å². The van der Waals surface area contributed by atoms with Crippen LogP contribution in [-0.4, -0.2) is 18.3 Å². The van der Waals surface area contributed by atoms with E-state index >= 15 is 0 Å². The van der Waals surface area contributed by atoms with Crippen molar-refractivity contribution >= 4 is 0 Å². The van der Waals surface area contributed by atoms with Crippen LogP contribution in [0.1, 0.15) is 44.2 Å². The fraction of sp³-hybridized carbons (Fsp3) is 0.571. The molecule has 0 spiro atoms. The predicted octanol–water partition coefficient (Wildman–Crippen LogP) is 2.89. The molecule has 2 N–H and O–H groups in total. The van der Waals surface area contributed by atoms with Gasteiger partial charge in [0.15, 0.2) is 0 Å². The number of aliphatic hydroxyl groups excluding tert-OH is 1. The van der Waals surface area contributed by atoms with Crippen molar-refractivity contribution in [1.29, 1.82) is 0 Å².